The zero-order valence-electron chi connectivity index (χ0n) is 15.5. The van der Waals surface area contributed by atoms with Crippen LogP contribution in [0.25, 0.3) is 0 Å². The van der Waals surface area contributed by atoms with Crippen molar-refractivity contribution in [2.45, 2.75) is 13.3 Å². The van der Waals surface area contributed by atoms with Crippen molar-refractivity contribution in [3.63, 3.8) is 0 Å². The fourth-order valence-corrected chi connectivity index (χ4v) is 3.30. The summed E-state index contributed by atoms with van der Waals surface area (Å²) in [5.41, 5.74) is 1.08. The number of aromatic nitrogens is 2. The third-order valence-corrected chi connectivity index (χ3v) is 4.92. The Morgan fingerprint density at radius 2 is 1.93 bits per heavy atom. The lowest BCUT2D eigenvalue weighted by Crippen LogP contribution is -2.49. The molecule has 2 heterocycles. The average molecular weight is 405 g/mol. The Bertz CT molecular complexity index is 856. The molecular weight excluding hydrogens is 384 g/mol. The van der Waals surface area contributed by atoms with Gasteiger partial charge in [-0.1, -0.05) is 11.6 Å². The van der Waals surface area contributed by atoms with Crippen LogP contribution in [-0.2, 0) is 4.79 Å². The first-order valence-corrected chi connectivity index (χ1v) is 9.31. The van der Waals surface area contributed by atoms with Crippen LogP contribution in [0.2, 0.25) is 5.02 Å². The van der Waals surface area contributed by atoms with Gasteiger partial charge in [-0.2, -0.15) is 0 Å². The number of nitro benzene ring substituents is 1. The van der Waals surface area contributed by atoms with Gasteiger partial charge in [-0.25, -0.2) is 9.97 Å². The molecule has 0 aliphatic carbocycles. The molecule has 1 aliphatic heterocycles. The van der Waals surface area contributed by atoms with Crippen molar-refractivity contribution < 1.29 is 9.72 Å². The number of nitrogens with one attached hydrogen (secondary N) is 1. The van der Waals surface area contributed by atoms with Crippen LogP contribution in [0.1, 0.15) is 12.0 Å². The number of carbonyl (C=O) groups excluding carboxylic acids is 1. The van der Waals surface area contributed by atoms with E-state index in [1.807, 2.05) is 4.90 Å². The summed E-state index contributed by atoms with van der Waals surface area (Å²) < 4.78 is 0. The van der Waals surface area contributed by atoms with Gasteiger partial charge >= 0.3 is 0 Å². The van der Waals surface area contributed by atoms with E-state index >= 15 is 0 Å². The van der Waals surface area contributed by atoms with E-state index in [2.05, 4.69) is 20.2 Å². The van der Waals surface area contributed by atoms with E-state index in [0.717, 1.165) is 0 Å². The highest BCUT2D eigenvalue weighted by Crippen LogP contribution is 2.30. The summed E-state index contributed by atoms with van der Waals surface area (Å²) >= 11 is 6.10. The second-order valence-electron chi connectivity index (χ2n) is 6.47. The molecule has 1 amide bonds. The van der Waals surface area contributed by atoms with Gasteiger partial charge in [0, 0.05) is 63.2 Å². The Balaban J connectivity index is 1.48. The van der Waals surface area contributed by atoms with Gasteiger partial charge in [0.1, 0.15) is 0 Å². The van der Waals surface area contributed by atoms with Gasteiger partial charge in [0.25, 0.3) is 5.69 Å². The molecule has 0 radical (unpaired) electrons. The minimum absolute atomic E-state index is 0.0214. The van der Waals surface area contributed by atoms with Crippen LogP contribution in [-0.4, -0.2) is 58.4 Å². The molecule has 0 spiro atoms. The third kappa shape index (κ3) is 4.66. The second-order valence-corrected chi connectivity index (χ2v) is 6.88. The maximum absolute atomic E-state index is 12.4. The maximum atomic E-state index is 12.4. The Morgan fingerprint density at radius 3 is 2.57 bits per heavy atom. The summed E-state index contributed by atoms with van der Waals surface area (Å²) in [6.07, 6.45) is 3.72. The summed E-state index contributed by atoms with van der Waals surface area (Å²) in [5.74, 6) is 0.732. The van der Waals surface area contributed by atoms with Crippen molar-refractivity contribution in [2.24, 2.45) is 0 Å². The van der Waals surface area contributed by atoms with Gasteiger partial charge in [-0.3, -0.25) is 14.9 Å². The van der Waals surface area contributed by atoms with E-state index in [0.29, 0.717) is 56.3 Å². The Kier molecular flexibility index (Phi) is 6.25. The van der Waals surface area contributed by atoms with Crippen LogP contribution >= 0.6 is 11.6 Å². The van der Waals surface area contributed by atoms with E-state index in [1.165, 1.54) is 6.07 Å². The van der Waals surface area contributed by atoms with Gasteiger partial charge < -0.3 is 15.1 Å². The van der Waals surface area contributed by atoms with Crippen LogP contribution in [0, 0.1) is 17.0 Å². The minimum Gasteiger partial charge on any atom is -0.383 e. The van der Waals surface area contributed by atoms with Gasteiger partial charge in [-0.05, 0) is 19.1 Å². The quantitative estimate of drug-likeness (QED) is 0.582. The van der Waals surface area contributed by atoms with Crippen LogP contribution in [0.3, 0.4) is 0 Å². The van der Waals surface area contributed by atoms with Gasteiger partial charge in [0.15, 0.2) is 0 Å². The van der Waals surface area contributed by atoms with Crippen molar-refractivity contribution >= 4 is 34.8 Å². The van der Waals surface area contributed by atoms with Crippen molar-refractivity contribution in [1.82, 2.24) is 14.9 Å². The molecule has 0 bridgehead atoms. The second kappa shape index (κ2) is 8.83. The van der Waals surface area contributed by atoms with Crippen LogP contribution in [0.5, 0.6) is 0 Å². The Hall–Kier alpha value is -2.94. The van der Waals surface area contributed by atoms with Crippen LogP contribution in [0.15, 0.2) is 30.6 Å². The summed E-state index contributed by atoms with van der Waals surface area (Å²) in [7, 11) is 0. The molecule has 1 aliphatic rings. The monoisotopic (exact) mass is 404 g/mol. The highest BCUT2D eigenvalue weighted by Gasteiger charge is 2.22. The van der Waals surface area contributed by atoms with Crippen molar-refractivity contribution in [3.8, 4) is 0 Å². The first kappa shape index (κ1) is 19.8. The van der Waals surface area contributed by atoms with E-state index in [-0.39, 0.29) is 16.6 Å². The molecule has 0 saturated carbocycles. The number of benzene rings is 1. The predicted molar refractivity (Wildman–Crippen MR) is 107 cm³/mol. The highest BCUT2D eigenvalue weighted by molar-refractivity contribution is 6.33. The third-order valence-electron chi connectivity index (χ3n) is 4.60. The van der Waals surface area contributed by atoms with Crippen LogP contribution in [0.4, 0.5) is 17.3 Å². The molecule has 9 nitrogen and oxygen atoms in total. The van der Waals surface area contributed by atoms with E-state index < -0.39 is 4.92 Å². The molecule has 1 N–H and O–H groups in total. The number of aryl methyl sites for hydroxylation is 1. The number of piperazine rings is 1. The largest absolute Gasteiger partial charge is 0.383 e. The number of carbonyl (C=O) groups is 1. The molecule has 0 unspecified atom stereocenters. The number of hydrogen-bond acceptors (Lipinski definition) is 7. The highest BCUT2D eigenvalue weighted by atomic mass is 35.5. The number of nitrogens with zero attached hydrogens (tertiary/aromatic N) is 5. The molecule has 148 valence electrons. The van der Waals surface area contributed by atoms with Gasteiger partial charge in [0.2, 0.25) is 11.9 Å². The number of hydrogen-bond donors (Lipinski definition) is 1. The number of halogens is 1. The SMILES string of the molecule is Cc1cc(NCCC(=O)N2CCN(c3ncccn3)CC2)c(Cl)cc1[N+](=O)[O-]. The average Bonchev–Trinajstić information content (AvgIpc) is 2.70. The zero-order valence-corrected chi connectivity index (χ0v) is 16.2. The molecule has 0 atom stereocenters. The normalized spacial score (nSPS) is 14.1. The number of rotatable bonds is 6. The summed E-state index contributed by atoms with van der Waals surface area (Å²) in [4.78, 5) is 35.3. The fraction of sp³-hybridized carbons (Fsp3) is 0.389. The lowest BCUT2D eigenvalue weighted by molar-refractivity contribution is -0.385. The molecule has 1 aromatic carbocycles. The fourth-order valence-electron chi connectivity index (χ4n) is 3.08. The molecule has 2 aromatic rings. The minimum atomic E-state index is -0.464. The first-order chi connectivity index (χ1) is 13.5. The number of anilines is 2. The lowest BCUT2D eigenvalue weighted by Gasteiger charge is -2.34. The standard InChI is InChI=1S/C18H21ClN6O3/c1-13-11-15(14(19)12-16(13)25(27)28)20-6-3-17(26)23-7-9-24(10-8-23)18-21-4-2-5-22-18/h2,4-5,11-12,20H,3,6-10H2,1H3. The molecule has 1 aromatic heterocycles. The molecular formula is C18H21ClN6O3. The Morgan fingerprint density at radius 1 is 1.25 bits per heavy atom. The van der Waals surface area contributed by atoms with Gasteiger partial charge in [-0.15, -0.1) is 0 Å². The topological polar surface area (TPSA) is 104 Å². The van der Waals surface area contributed by atoms with Gasteiger partial charge in [0.05, 0.1) is 15.6 Å². The molecule has 10 heteroatoms. The maximum Gasteiger partial charge on any atom is 0.273 e. The summed E-state index contributed by atoms with van der Waals surface area (Å²) in [6, 6.07) is 4.73. The zero-order chi connectivity index (χ0) is 20.1. The molecule has 1 saturated heterocycles. The van der Waals surface area contributed by atoms with E-state index in [9.17, 15) is 14.9 Å². The molecule has 28 heavy (non-hydrogen) atoms. The van der Waals surface area contributed by atoms with Crippen molar-refractivity contribution in [2.75, 3.05) is 42.9 Å². The summed E-state index contributed by atoms with van der Waals surface area (Å²) in [6.45, 7) is 4.68. The lowest BCUT2D eigenvalue weighted by atomic mass is 10.1. The molecule has 3 rings (SSSR count). The van der Waals surface area contributed by atoms with Crippen molar-refractivity contribution in [1.29, 1.82) is 0 Å². The van der Waals surface area contributed by atoms with Crippen LogP contribution < -0.4 is 10.2 Å². The predicted octanol–water partition coefficient (Wildman–Crippen LogP) is 2.50. The number of nitro groups is 1. The number of amides is 1. The van der Waals surface area contributed by atoms with Crippen molar-refractivity contribution in [3.05, 3.63) is 51.3 Å². The van der Waals surface area contributed by atoms with E-state index in [1.54, 1.807) is 31.5 Å². The van der Waals surface area contributed by atoms with E-state index in [4.69, 9.17) is 11.6 Å². The smallest absolute Gasteiger partial charge is 0.273 e. The Labute approximate surface area is 167 Å². The summed E-state index contributed by atoms with van der Waals surface area (Å²) in [5, 5.41) is 14.3. The first-order valence-electron chi connectivity index (χ1n) is 8.94. The molecule has 1 fully saturated rings.